The van der Waals surface area contributed by atoms with Gasteiger partial charge >= 0.3 is 5.97 Å². The molecule has 0 bridgehead atoms. The molecule has 0 aromatic heterocycles. The van der Waals surface area contributed by atoms with Gasteiger partial charge in [0.05, 0.1) is 13.5 Å². The molecule has 0 amide bonds. The number of rotatable bonds is 3. The van der Waals surface area contributed by atoms with Crippen LogP contribution in [0.5, 0.6) is 0 Å². The van der Waals surface area contributed by atoms with E-state index in [1.807, 2.05) is 14.1 Å². The van der Waals surface area contributed by atoms with Crippen molar-refractivity contribution in [3.05, 3.63) is 23.8 Å². The summed E-state index contributed by atoms with van der Waals surface area (Å²) in [6.45, 7) is 2.10. The normalized spacial score (nSPS) is 21.1. The van der Waals surface area contributed by atoms with Crippen LogP contribution < -0.4 is 10.2 Å². The maximum atomic E-state index is 11.5. The first-order valence-electron chi connectivity index (χ1n) is 6.17. The molecule has 0 saturated carbocycles. The number of nitrogens with one attached hydrogen (secondary N) is 1. The number of hydrogen-bond donors (Lipinski definition) is 1. The van der Waals surface area contributed by atoms with Gasteiger partial charge in [-0.25, -0.2) is 0 Å². The summed E-state index contributed by atoms with van der Waals surface area (Å²) in [5, 5.41) is 3.42. The number of hydrogen-bond acceptors (Lipinski definition) is 4. The molecule has 2 atom stereocenters. The predicted molar refractivity (Wildman–Crippen MR) is 73.2 cm³/mol. The van der Waals surface area contributed by atoms with Crippen molar-refractivity contribution >= 4 is 17.3 Å². The smallest absolute Gasteiger partial charge is 0.306 e. The Morgan fingerprint density at radius 1 is 1.44 bits per heavy atom. The average Bonchev–Trinajstić information content (AvgIpc) is 2.65. The summed E-state index contributed by atoms with van der Waals surface area (Å²) in [6, 6.07) is 6.58. The molecule has 4 heteroatoms. The molecule has 0 radical (unpaired) electrons. The van der Waals surface area contributed by atoms with E-state index in [2.05, 4.69) is 35.3 Å². The van der Waals surface area contributed by atoms with E-state index in [1.165, 1.54) is 12.7 Å². The minimum absolute atomic E-state index is 0.156. The number of benzene rings is 1. The van der Waals surface area contributed by atoms with E-state index < -0.39 is 0 Å². The second-order valence-electron chi connectivity index (χ2n) is 4.99. The Bertz CT molecular complexity index is 457. The monoisotopic (exact) mass is 248 g/mol. The molecular weight excluding hydrogens is 228 g/mol. The van der Waals surface area contributed by atoms with Crippen LogP contribution in [-0.2, 0) is 9.53 Å². The van der Waals surface area contributed by atoms with E-state index in [-0.39, 0.29) is 17.9 Å². The van der Waals surface area contributed by atoms with E-state index in [4.69, 9.17) is 4.74 Å². The molecule has 0 spiro atoms. The first kappa shape index (κ1) is 12.7. The van der Waals surface area contributed by atoms with Crippen LogP contribution in [0.3, 0.4) is 0 Å². The molecule has 1 heterocycles. The van der Waals surface area contributed by atoms with Crippen LogP contribution in [0.2, 0.25) is 0 Å². The van der Waals surface area contributed by atoms with Gasteiger partial charge in [0.25, 0.3) is 0 Å². The fraction of sp³-hybridized carbons (Fsp3) is 0.500. The fourth-order valence-electron chi connectivity index (χ4n) is 2.43. The minimum Gasteiger partial charge on any atom is -0.469 e. The minimum atomic E-state index is -0.156. The topological polar surface area (TPSA) is 41.6 Å². The highest BCUT2D eigenvalue weighted by Crippen LogP contribution is 2.39. The average molecular weight is 248 g/mol. The second-order valence-corrected chi connectivity index (χ2v) is 4.99. The van der Waals surface area contributed by atoms with Crippen molar-refractivity contribution in [1.29, 1.82) is 0 Å². The number of anilines is 2. The van der Waals surface area contributed by atoms with Gasteiger partial charge in [-0.1, -0.05) is 0 Å². The molecule has 0 aliphatic carbocycles. The summed E-state index contributed by atoms with van der Waals surface area (Å²) in [5.74, 6) is 0.0316. The molecule has 2 unspecified atom stereocenters. The fourth-order valence-corrected chi connectivity index (χ4v) is 2.43. The van der Waals surface area contributed by atoms with E-state index in [9.17, 15) is 4.79 Å². The molecular formula is C14H20N2O2. The molecule has 1 N–H and O–H groups in total. The summed E-state index contributed by atoms with van der Waals surface area (Å²) < 4.78 is 4.78. The van der Waals surface area contributed by atoms with Crippen molar-refractivity contribution in [3.63, 3.8) is 0 Å². The summed E-state index contributed by atoms with van der Waals surface area (Å²) in [6.07, 6.45) is 0.425. The third-order valence-electron chi connectivity index (χ3n) is 3.55. The van der Waals surface area contributed by atoms with Gasteiger partial charge in [-0.2, -0.15) is 0 Å². The van der Waals surface area contributed by atoms with Gasteiger partial charge in [0.2, 0.25) is 0 Å². The van der Waals surface area contributed by atoms with Crippen molar-refractivity contribution < 1.29 is 9.53 Å². The van der Waals surface area contributed by atoms with Gasteiger partial charge in [-0.15, -0.1) is 0 Å². The molecule has 98 valence electrons. The molecule has 2 rings (SSSR count). The summed E-state index contributed by atoms with van der Waals surface area (Å²) in [7, 11) is 5.47. The Hall–Kier alpha value is -1.71. The Labute approximate surface area is 108 Å². The van der Waals surface area contributed by atoms with Crippen LogP contribution in [0.25, 0.3) is 0 Å². The Kier molecular flexibility index (Phi) is 3.45. The SMILES string of the molecule is COC(=O)CC1c2cc(N(C)C)ccc2NC1C. The van der Waals surface area contributed by atoms with Crippen LogP contribution in [0.1, 0.15) is 24.8 Å². The third-order valence-corrected chi connectivity index (χ3v) is 3.55. The van der Waals surface area contributed by atoms with Crippen molar-refractivity contribution in [2.45, 2.75) is 25.3 Å². The van der Waals surface area contributed by atoms with E-state index in [0.29, 0.717) is 6.42 Å². The highest BCUT2D eigenvalue weighted by Gasteiger charge is 2.31. The molecule has 18 heavy (non-hydrogen) atoms. The quantitative estimate of drug-likeness (QED) is 0.833. The number of carbonyl (C=O) groups is 1. The first-order valence-corrected chi connectivity index (χ1v) is 6.17. The highest BCUT2D eigenvalue weighted by molar-refractivity contribution is 5.74. The molecule has 0 saturated heterocycles. The lowest BCUT2D eigenvalue weighted by Gasteiger charge is -2.17. The maximum absolute atomic E-state index is 11.5. The van der Waals surface area contributed by atoms with E-state index >= 15 is 0 Å². The van der Waals surface area contributed by atoms with Crippen molar-refractivity contribution in [2.24, 2.45) is 0 Å². The van der Waals surface area contributed by atoms with Crippen molar-refractivity contribution in [1.82, 2.24) is 0 Å². The van der Waals surface area contributed by atoms with Crippen LogP contribution in [0.15, 0.2) is 18.2 Å². The molecule has 1 aromatic carbocycles. The number of esters is 1. The number of methoxy groups -OCH3 is 1. The lowest BCUT2D eigenvalue weighted by Crippen LogP contribution is -2.19. The van der Waals surface area contributed by atoms with Crippen LogP contribution >= 0.6 is 0 Å². The molecule has 1 aliphatic rings. The lowest BCUT2D eigenvalue weighted by atomic mass is 9.92. The number of ether oxygens (including phenoxy) is 1. The van der Waals surface area contributed by atoms with Gasteiger partial charge in [0.1, 0.15) is 0 Å². The number of fused-ring (bicyclic) bond motifs is 1. The van der Waals surface area contributed by atoms with Crippen LogP contribution in [0.4, 0.5) is 11.4 Å². The highest BCUT2D eigenvalue weighted by atomic mass is 16.5. The zero-order valence-electron chi connectivity index (χ0n) is 11.4. The standard InChI is InChI=1S/C14H20N2O2/c1-9-11(8-14(17)18-4)12-7-10(16(2)3)5-6-13(12)15-9/h5-7,9,11,15H,8H2,1-4H3. The predicted octanol–water partition coefficient (Wildman–Crippen LogP) is 2.21. The molecule has 1 aliphatic heterocycles. The Balaban J connectivity index is 2.30. The number of carbonyl (C=O) groups excluding carboxylic acids is 1. The summed E-state index contributed by atoms with van der Waals surface area (Å²) in [4.78, 5) is 13.5. The van der Waals surface area contributed by atoms with Gasteiger partial charge in [-0.3, -0.25) is 4.79 Å². The molecule has 1 aromatic rings. The van der Waals surface area contributed by atoms with Crippen LogP contribution in [-0.4, -0.2) is 33.2 Å². The van der Waals surface area contributed by atoms with E-state index in [1.54, 1.807) is 0 Å². The lowest BCUT2D eigenvalue weighted by molar-refractivity contribution is -0.141. The van der Waals surface area contributed by atoms with Gasteiger partial charge in [0, 0.05) is 37.4 Å². The van der Waals surface area contributed by atoms with Crippen LogP contribution in [0, 0.1) is 0 Å². The van der Waals surface area contributed by atoms with Gasteiger partial charge in [0.15, 0.2) is 0 Å². The van der Waals surface area contributed by atoms with E-state index in [0.717, 1.165) is 11.4 Å². The Morgan fingerprint density at radius 3 is 2.78 bits per heavy atom. The van der Waals surface area contributed by atoms with Gasteiger partial charge < -0.3 is 15.0 Å². The summed E-state index contributed by atoms with van der Waals surface area (Å²) >= 11 is 0. The second kappa shape index (κ2) is 4.88. The molecule has 0 fully saturated rings. The largest absolute Gasteiger partial charge is 0.469 e. The summed E-state index contributed by atoms with van der Waals surface area (Å²) in [5.41, 5.74) is 3.49. The maximum Gasteiger partial charge on any atom is 0.306 e. The zero-order chi connectivity index (χ0) is 13.3. The van der Waals surface area contributed by atoms with Gasteiger partial charge in [-0.05, 0) is 30.7 Å². The third kappa shape index (κ3) is 2.28. The van der Waals surface area contributed by atoms with Crippen molar-refractivity contribution in [2.75, 3.05) is 31.4 Å². The number of nitrogens with zero attached hydrogens (tertiary/aromatic N) is 1. The first-order chi connectivity index (χ1) is 8.52. The molecule has 4 nitrogen and oxygen atoms in total. The van der Waals surface area contributed by atoms with Crippen molar-refractivity contribution in [3.8, 4) is 0 Å². The zero-order valence-corrected chi connectivity index (χ0v) is 11.4. The Morgan fingerprint density at radius 2 is 2.17 bits per heavy atom.